The van der Waals surface area contributed by atoms with Gasteiger partial charge in [0.15, 0.2) is 12.3 Å². The van der Waals surface area contributed by atoms with Crippen molar-refractivity contribution in [2.75, 3.05) is 85.1 Å². The van der Waals surface area contributed by atoms with Gasteiger partial charge in [-0.1, -0.05) is 37.6 Å². The summed E-state index contributed by atoms with van der Waals surface area (Å²) in [4.78, 5) is 2.41. The summed E-state index contributed by atoms with van der Waals surface area (Å²) in [6.07, 6.45) is 11.9. The van der Waals surface area contributed by atoms with Crippen molar-refractivity contribution < 1.29 is 33.0 Å². The molecule has 2 aromatic rings. The minimum atomic E-state index is -0.247. The number of aryl methyl sites for hydroxylation is 2. The third kappa shape index (κ3) is 9.43. The van der Waals surface area contributed by atoms with Gasteiger partial charge < -0.3 is 33.3 Å². The van der Waals surface area contributed by atoms with Gasteiger partial charge in [0.1, 0.15) is 18.1 Å². The Morgan fingerprint density at radius 2 is 1.35 bits per heavy atom. The highest BCUT2D eigenvalue weighted by Gasteiger charge is 2.45. The van der Waals surface area contributed by atoms with Crippen LogP contribution in [0.4, 0.5) is 11.4 Å². The molecule has 55 heavy (non-hydrogen) atoms. The van der Waals surface area contributed by atoms with E-state index in [0.29, 0.717) is 52.9 Å². The lowest BCUT2D eigenvalue weighted by Crippen LogP contribution is -2.29. The molecule has 0 aromatic heterocycles. The van der Waals surface area contributed by atoms with E-state index in [4.69, 9.17) is 40.0 Å². The topological polar surface area (TPSA) is 61.6 Å². The number of fused-ring (bicyclic) bond motifs is 2. The van der Waals surface area contributed by atoms with E-state index in [1.54, 1.807) is 14.2 Å². The monoisotopic (exact) mass is 775 g/mol. The van der Waals surface area contributed by atoms with E-state index in [1.807, 2.05) is 13.8 Å². The first kappa shape index (κ1) is 42.7. The summed E-state index contributed by atoms with van der Waals surface area (Å²) < 4.78 is 36.9. The first-order chi connectivity index (χ1) is 26.4. The zero-order valence-electron chi connectivity index (χ0n) is 35.0. The zero-order chi connectivity index (χ0) is 39.8. The van der Waals surface area contributed by atoms with Gasteiger partial charge in [0.25, 0.3) is 0 Å². The molecule has 3 aliphatic rings. The highest BCUT2D eigenvalue weighted by Crippen LogP contribution is 2.50. The fraction of sp³-hybridized carbons (Fsp3) is 0.543. The van der Waals surface area contributed by atoms with Gasteiger partial charge in [0.2, 0.25) is 5.69 Å². The molecule has 8 nitrogen and oxygen atoms in total. The van der Waals surface area contributed by atoms with E-state index >= 15 is 0 Å². The first-order valence-electron chi connectivity index (χ1n) is 20.0. The van der Waals surface area contributed by atoms with Crippen LogP contribution in [0.5, 0.6) is 11.5 Å². The summed E-state index contributed by atoms with van der Waals surface area (Å²) in [6.45, 7) is 23.8. The average molecular weight is 776 g/mol. The Balaban J connectivity index is 1.46. The quantitative estimate of drug-likeness (QED) is 0.104. The molecule has 2 heterocycles. The number of methoxy groups -OCH3 is 2. The molecule has 2 aliphatic heterocycles. The van der Waals surface area contributed by atoms with Crippen LogP contribution in [0.25, 0.3) is 0 Å². The average Bonchev–Trinajstić information content (AvgIpc) is 3.49. The molecule has 0 spiro atoms. The highest BCUT2D eigenvalue weighted by molar-refractivity contribution is 6.32. The third-order valence-corrected chi connectivity index (χ3v) is 11.7. The third-order valence-electron chi connectivity index (χ3n) is 11.2. The molecule has 9 heteroatoms. The molecule has 0 amide bonds. The van der Waals surface area contributed by atoms with Gasteiger partial charge in [0.05, 0.1) is 52.7 Å². The number of hydrogen-bond acceptors (Lipinski definition) is 7. The summed E-state index contributed by atoms with van der Waals surface area (Å²) in [5, 5.41) is 0.841. The van der Waals surface area contributed by atoms with E-state index in [-0.39, 0.29) is 10.8 Å². The van der Waals surface area contributed by atoms with Crippen molar-refractivity contribution in [2.45, 2.75) is 85.5 Å². The van der Waals surface area contributed by atoms with Crippen molar-refractivity contribution in [2.24, 2.45) is 0 Å². The van der Waals surface area contributed by atoms with Gasteiger partial charge >= 0.3 is 0 Å². The Kier molecular flexibility index (Phi) is 14.9. The van der Waals surface area contributed by atoms with Crippen LogP contribution in [0, 0.1) is 13.8 Å². The van der Waals surface area contributed by atoms with Crippen LogP contribution in [0.3, 0.4) is 0 Å². The molecule has 0 saturated heterocycles. The van der Waals surface area contributed by atoms with Crippen LogP contribution in [0.15, 0.2) is 70.4 Å². The Labute approximate surface area is 335 Å². The van der Waals surface area contributed by atoms with E-state index in [2.05, 4.69) is 99.6 Å². The molecule has 0 bridgehead atoms. The van der Waals surface area contributed by atoms with Crippen molar-refractivity contribution in [3.8, 4) is 11.5 Å². The number of anilines is 1. The van der Waals surface area contributed by atoms with Gasteiger partial charge in [-0.2, -0.15) is 4.58 Å². The summed E-state index contributed by atoms with van der Waals surface area (Å²) in [6, 6.07) is 8.89. The van der Waals surface area contributed by atoms with E-state index in [9.17, 15) is 0 Å². The molecular weight excluding hydrogens is 712 g/mol. The summed E-state index contributed by atoms with van der Waals surface area (Å²) in [5.41, 5.74) is 11.4. The molecule has 300 valence electrons. The molecule has 0 saturated carbocycles. The van der Waals surface area contributed by atoms with Gasteiger partial charge in [-0.15, -0.1) is 0 Å². The predicted molar refractivity (Wildman–Crippen MR) is 225 cm³/mol. The lowest BCUT2D eigenvalue weighted by molar-refractivity contribution is -0.442. The van der Waals surface area contributed by atoms with Crippen LogP contribution >= 0.6 is 11.6 Å². The van der Waals surface area contributed by atoms with Gasteiger partial charge in [-0.3, -0.25) is 0 Å². The Hall–Kier alpha value is -3.40. The van der Waals surface area contributed by atoms with Crippen molar-refractivity contribution in [3.05, 3.63) is 92.7 Å². The number of allylic oxidation sites excluding steroid dienone is 8. The molecule has 2 aromatic carbocycles. The van der Waals surface area contributed by atoms with E-state index in [1.165, 1.54) is 33.9 Å². The maximum Gasteiger partial charge on any atom is 0.210 e. The SMILES string of the molecule is CCOCCOCCN1/C(=C\C=C2/CCCC(/C=C/C3=[N+](CCOCCOCC)c4cc(C)c(OC)cc4C3(C)C)=C2Cl)C(C)(C)c2cc(OC)c(C)cc21. The zero-order valence-corrected chi connectivity index (χ0v) is 35.8. The molecule has 1 aliphatic carbocycles. The number of ether oxygens (including phenoxy) is 6. The normalized spacial score (nSPS) is 19.0. The second-order valence-corrected chi connectivity index (χ2v) is 15.9. The van der Waals surface area contributed by atoms with Crippen LogP contribution in [0.2, 0.25) is 0 Å². The van der Waals surface area contributed by atoms with E-state index in [0.717, 1.165) is 71.2 Å². The first-order valence-corrected chi connectivity index (χ1v) is 20.4. The van der Waals surface area contributed by atoms with Crippen LogP contribution in [-0.4, -0.2) is 90.5 Å². The fourth-order valence-corrected chi connectivity index (χ4v) is 8.44. The van der Waals surface area contributed by atoms with Crippen molar-refractivity contribution in [3.63, 3.8) is 0 Å². The van der Waals surface area contributed by atoms with Crippen LogP contribution in [0.1, 0.15) is 83.1 Å². The second-order valence-electron chi connectivity index (χ2n) is 15.5. The van der Waals surface area contributed by atoms with Gasteiger partial charge in [-0.25, -0.2) is 0 Å². The summed E-state index contributed by atoms with van der Waals surface area (Å²) >= 11 is 7.32. The lowest BCUT2D eigenvalue weighted by atomic mass is 9.80. The largest absolute Gasteiger partial charge is 0.496 e. The van der Waals surface area contributed by atoms with Crippen molar-refractivity contribution >= 4 is 28.7 Å². The molecule has 0 radical (unpaired) electrons. The molecule has 0 unspecified atom stereocenters. The van der Waals surface area contributed by atoms with Gasteiger partial charge in [-0.05, 0) is 113 Å². The number of rotatable bonds is 19. The minimum Gasteiger partial charge on any atom is -0.496 e. The van der Waals surface area contributed by atoms with E-state index < -0.39 is 0 Å². The highest BCUT2D eigenvalue weighted by atomic mass is 35.5. The minimum absolute atomic E-state index is 0.247. The smallest absolute Gasteiger partial charge is 0.210 e. The van der Waals surface area contributed by atoms with Crippen molar-refractivity contribution in [1.29, 1.82) is 0 Å². The Morgan fingerprint density at radius 3 is 2.00 bits per heavy atom. The van der Waals surface area contributed by atoms with Crippen LogP contribution < -0.4 is 14.4 Å². The summed E-state index contributed by atoms with van der Waals surface area (Å²) in [5.74, 6) is 1.81. The second kappa shape index (κ2) is 19.2. The Morgan fingerprint density at radius 1 is 0.727 bits per heavy atom. The predicted octanol–water partition coefficient (Wildman–Crippen LogP) is 9.64. The fourth-order valence-electron chi connectivity index (χ4n) is 8.13. The molecular formula is C46H64ClN2O6+. The molecule has 0 N–H and O–H groups in total. The number of nitrogens with zero attached hydrogens (tertiary/aromatic N) is 2. The number of halogens is 1. The number of benzene rings is 2. The maximum absolute atomic E-state index is 7.32. The van der Waals surface area contributed by atoms with Crippen LogP contribution in [-0.2, 0) is 29.8 Å². The van der Waals surface area contributed by atoms with Gasteiger partial charge in [0, 0.05) is 59.3 Å². The molecule has 0 fully saturated rings. The molecule has 5 rings (SSSR count). The Bertz CT molecular complexity index is 1840. The maximum atomic E-state index is 7.32. The standard InChI is InChI=1S/C46H64ClN2O6/c1-11-52-24-26-54-22-20-48-38-28-32(3)40(50-9)30-36(38)45(5,6)42(48)18-16-34-14-13-15-35(44(34)47)17-19-43-46(7,8)37-31-41(51-10)33(4)29-39(37)49(43)21-23-55-27-25-53-12-2/h16-19,28-31H,11-15,20-27H2,1-10H3/q+1. The van der Waals surface area contributed by atoms with Crippen molar-refractivity contribution in [1.82, 2.24) is 0 Å². The summed E-state index contributed by atoms with van der Waals surface area (Å²) in [7, 11) is 3.48. The molecule has 0 atom stereocenters. The number of hydrogen-bond donors (Lipinski definition) is 0. The lowest BCUT2D eigenvalue weighted by Gasteiger charge is -2.27.